The Kier molecular flexibility index (Phi) is 3.62. The van der Waals surface area contributed by atoms with Gasteiger partial charge in [0, 0.05) is 5.56 Å². The Morgan fingerprint density at radius 3 is 2.53 bits per heavy atom. The largest absolute Gasteiger partial charge is 0.497 e. The molecule has 1 rings (SSSR count). The molecule has 1 aromatic carbocycles. The molecule has 0 aromatic heterocycles. The fourth-order valence-corrected chi connectivity index (χ4v) is 0.938. The van der Waals surface area contributed by atoms with Crippen LogP contribution in [0.25, 0.3) is 0 Å². The van der Waals surface area contributed by atoms with E-state index >= 15 is 0 Å². The zero-order valence-corrected chi connectivity index (χ0v) is 9.63. The summed E-state index contributed by atoms with van der Waals surface area (Å²) in [5.74, 6) is 3.73. The van der Waals surface area contributed by atoms with E-state index < -0.39 is 0 Å². The Hall–Kier alpha value is -1.62. The van der Waals surface area contributed by atoms with Crippen molar-refractivity contribution >= 4 is 0 Å². The van der Waals surface area contributed by atoms with Gasteiger partial charge >= 0.3 is 0 Å². The molecule has 0 atom stereocenters. The first-order valence-corrected chi connectivity index (χ1v) is 4.84. The second-order valence-electron chi connectivity index (χ2n) is 4.17. The molecule has 0 N–H and O–H groups in total. The average Bonchev–Trinajstić information content (AvgIpc) is 2.16. The van der Waals surface area contributed by atoms with Gasteiger partial charge in [-0.3, -0.25) is 0 Å². The molecule has 0 fully saturated rings. The molecule has 0 saturated heterocycles. The van der Waals surface area contributed by atoms with E-state index in [1.165, 1.54) is 0 Å². The van der Waals surface area contributed by atoms with Crippen molar-refractivity contribution in [3.8, 4) is 17.8 Å². The van der Waals surface area contributed by atoms with Crippen LogP contribution in [0.4, 0.5) is 0 Å². The van der Waals surface area contributed by atoms with E-state index in [2.05, 4.69) is 12.0 Å². The molecule has 0 heterocycles. The van der Waals surface area contributed by atoms with Crippen LogP contribution >= 0.6 is 0 Å². The maximum absolute atomic E-state index is 5.30. The fourth-order valence-electron chi connectivity index (χ4n) is 0.938. The second kappa shape index (κ2) is 4.75. The Bertz CT molecular complexity index is 378. The molecule has 0 amide bonds. The van der Waals surface area contributed by atoms with E-state index in [9.17, 15) is 0 Å². The van der Waals surface area contributed by atoms with Gasteiger partial charge in [-0.05, 0) is 44.9 Å². The van der Waals surface area contributed by atoms with E-state index in [-0.39, 0.29) is 5.60 Å². The number of ether oxygens (including phenoxy) is 2. The van der Waals surface area contributed by atoms with Crippen LogP contribution in [-0.2, 0) is 4.74 Å². The Morgan fingerprint density at radius 1 is 1.20 bits per heavy atom. The van der Waals surface area contributed by atoms with Crippen LogP contribution < -0.4 is 4.74 Å². The quantitative estimate of drug-likeness (QED) is 0.655. The monoisotopic (exact) mass is 204 g/mol. The van der Waals surface area contributed by atoms with Gasteiger partial charge in [-0.15, -0.1) is 0 Å². The van der Waals surface area contributed by atoms with E-state index in [0.29, 0.717) is 0 Å². The molecular weight excluding hydrogens is 188 g/mol. The molecule has 2 nitrogen and oxygen atoms in total. The first kappa shape index (κ1) is 11.5. The normalized spacial score (nSPS) is 10.1. The van der Waals surface area contributed by atoms with Crippen molar-refractivity contribution in [3.05, 3.63) is 29.8 Å². The lowest BCUT2D eigenvalue weighted by molar-refractivity contribution is 0.0963. The minimum Gasteiger partial charge on any atom is -0.497 e. The summed E-state index contributed by atoms with van der Waals surface area (Å²) in [6.45, 7) is 5.90. The third kappa shape index (κ3) is 4.42. The van der Waals surface area contributed by atoms with Gasteiger partial charge in [0.25, 0.3) is 0 Å². The van der Waals surface area contributed by atoms with Crippen molar-refractivity contribution in [1.82, 2.24) is 0 Å². The van der Waals surface area contributed by atoms with E-state index in [1.54, 1.807) is 7.11 Å². The van der Waals surface area contributed by atoms with Crippen LogP contribution in [0.5, 0.6) is 5.75 Å². The predicted octanol–water partition coefficient (Wildman–Crippen LogP) is 2.82. The number of methoxy groups -OCH3 is 1. The maximum atomic E-state index is 5.30. The van der Waals surface area contributed by atoms with Gasteiger partial charge in [-0.1, -0.05) is 6.07 Å². The van der Waals surface area contributed by atoms with Crippen molar-refractivity contribution < 1.29 is 9.47 Å². The molecule has 0 unspecified atom stereocenters. The van der Waals surface area contributed by atoms with Gasteiger partial charge in [-0.25, -0.2) is 0 Å². The number of benzene rings is 1. The van der Waals surface area contributed by atoms with Crippen LogP contribution in [-0.4, -0.2) is 12.7 Å². The van der Waals surface area contributed by atoms with Crippen molar-refractivity contribution in [3.63, 3.8) is 0 Å². The summed E-state index contributed by atoms with van der Waals surface area (Å²) in [7, 11) is 1.64. The first-order valence-electron chi connectivity index (χ1n) is 4.84. The summed E-state index contributed by atoms with van der Waals surface area (Å²) >= 11 is 0. The van der Waals surface area contributed by atoms with Gasteiger partial charge in [0.1, 0.15) is 17.5 Å². The van der Waals surface area contributed by atoms with Crippen LogP contribution in [0.3, 0.4) is 0 Å². The van der Waals surface area contributed by atoms with Crippen molar-refractivity contribution in [1.29, 1.82) is 0 Å². The molecule has 0 bridgehead atoms. The minimum atomic E-state index is -0.230. The molecule has 2 heteroatoms. The number of hydrogen-bond donors (Lipinski definition) is 0. The third-order valence-corrected chi connectivity index (χ3v) is 1.62. The standard InChI is InChI=1S/C13H16O2/c1-13(2,3)15-9-8-11-6-5-7-12(10-11)14-4/h5-7,10H,1-4H3. The lowest BCUT2D eigenvalue weighted by Crippen LogP contribution is -2.15. The molecule has 80 valence electrons. The lowest BCUT2D eigenvalue weighted by atomic mass is 10.2. The highest BCUT2D eigenvalue weighted by Gasteiger charge is 2.07. The van der Waals surface area contributed by atoms with Crippen molar-refractivity contribution in [2.75, 3.05) is 7.11 Å². The van der Waals surface area contributed by atoms with Crippen LogP contribution in [0, 0.1) is 12.0 Å². The fraction of sp³-hybridized carbons (Fsp3) is 0.385. The lowest BCUT2D eigenvalue weighted by Gasteiger charge is -2.14. The van der Waals surface area contributed by atoms with Gasteiger partial charge in [0.05, 0.1) is 7.11 Å². The number of rotatable bonds is 1. The topological polar surface area (TPSA) is 18.5 Å². The van der Waals surface area contributed by atoms with E-state index in [1.807, 2.05) is 45.0 Å². The highest BCUT2D eigenvalue weighted by atomic mass is 16.5. The highest BCUT2D eigenvalue weighted by Crippen LogP contribution is 2.11. The second-order valence-corrected chi connectivity index (χ2v) is 4.17. The van der Waals surface area contributed by atoms with Gasteiger partial charge in [0.2, 0.25) is 0 Å². The number of hydrogen-bond acceptors (Lipinski definition) is 2. The molecule has 0 aliphatic rings. The highest BCUT2D eigenvalue weighted by molar-refractivity contribution is 5.38. The van der Waals surface area contributed by atoms with Crippen molar-refractivity contribution in [2.45, 2.75) is 26.4 Å². The zero-order valence-electron chi connectivity index (χ0n) is 9.63. The summed E-state index contributed by atoms with van der Waals surface area (Å²) < 4.78 is 10.4. The zero-order chi connectivity index (χ0) is 11.3. The summed E-state index contributed by atoms with van der Waals surface area (Å²) in [5, 5.41) is 0. The summed E-state index contributed by atoms with van der Waals surface area (Å²) in [4.78, 5) is 0. The predicted molar refractivity (Wildman–Crippen MR) is 60.7 cm³/mol. The molecule has 1 aromatic rings. The summed E-state index contributed by atoms with van der Waals surface area (Å²) in [6, 6.07) is 7.58. The first-order chi connectivity index (χ1) is 7.01. The average molecular weight is 204 g/mol. The molecule has 0 radical (unpaired) electrons. The van der Waals surface area contributed by atoms with E-state index in [4.69, 9.17) is 9.47 Å². The smallest absolute Gasteiger partial charge is 0.120 e. The van der Waals surface area contributed by atoms with Crippen LogP contribution in [0.1, 0.15) is 26.3 Å². The third-order valence-electron chi connectivity index (χ3n) is 1.62. The maximum Gasteiger partial charge on any atom is 0.120 e. The molecule has 0 spiro atoms. The SMILES string of the molecule is COc1cccc(C#COC(C)(C)C)c1. The summed E-state index contributed by atoms with van der Waals surface area (Å²) in [5.41, 5.74) is 0.657. The molecule has 0 saturated carbocycles. The Labute approximate surface area is 91.2 Å². The Morgan fingerprint density at radius 2 is 1.93 bits per heavy atom. The molecule has 0 aliphatic carbocycles. The van der Waals surface area contributed by atoms with Crippen molar-refractivity contribution in [2.24, 2.45) is 0 Å². The summed E-state index contributed by atoms with van der Waals surface area (Å²) in [6.07, 6.45) is 2.69. The molecular formula is C13H16O2. The van der Waals surface area contributed by atoms with Crippen LogP contribution in [0.15, 0.2) is 24.3 Å². The molecule has 0 aliphatic heterocycles. The van der Waals surface area contributed by atoms with Crippen LogP contribution in [0.2, 0.25) is 0 Å². The van der Waals surface area contributed by atoms with Gasteiger partial charge in [0.15, 0.2) is 0 Å². The Balaban J connectivity index is 2.71. The van der Waals surface area contributed by atoms with Gasteiger partial charge in [-0.2, -0.15) is 0 Å². The van der Waals surface area contributed by atoms with Gasteiger partial charge < -0.3 is 9.47 Å². The van der Waals surface area contributed by atoms with E-state index in [0.717, 1.165) is 11.3 Å². The molecule has 15 heavy (non-hydrogen) atoms. The minimum absolute atomic E-state index is 0.230.